The van der Waals surface area contributed by atoms with E-state index in [1.54, 1.807) is 6.20 Å². The van der Waals surface area contributed by atoms with Crippen molar-refractivity contribution in [2.45, 2.75) is 51.0 Å². The second kappa shape index (κ2) is 7.56. The van der Waals surface area contributed by atoms with Gasteiger partial charge in [0.1, 0.15) is 0 Å². The van der Waals surface area contributed by atoms with Gasteiger partial charge in [0.25, 0.3) is 5.91 Å². The number of piperidine rings is 1. The maximum Gasteiger partial charge on any atom is 0.251 e. The molecular weight excluding hydrogens is 312 g/mol. The predicted molar refractivity (Wildman–Crippen MR) is 99.6 cm³/mol. The number of H-pyrrole nitrogens is 1. The maximum atomic E-state index is 12.5. The third-order valence-electron chi connectivity index (χ3n) is 5.85. The lowest BCUT2D eigenvalue weighted by molar-refractivity contribution is 0.0915. The quantitative estimate of drug-likeness (QED) is 0.897. The molecule has 134 valence electrons. The third kappa shape index (κ3) is 4.03. The number of fused-ring (bicyclic) bond motifs is 1. The lowest BCUT2D eigenvalue weighted by atomic mass is 9.85. The highest BCUT2D eigenvalue weighted by Crippen LogP contribution is 2.26. The van der Waals surface area contributed by atoms with Crippen LogP contribution in [0.25, 0.3) is 10.9 Å². The van der Waals surface area contributed by atoms with Crippen LogP contribution in [0.3, 0.4) is 0 Å². The van der Waals surface area contributed by atoms with E-state index in [2.05, 4.69) is 20.4 Å². The summed E-state index contributed by atoms with van der Waals surface area (Å²) in [6.07, 6.45) is 10.6. The van der Waals surface area contributed by atoms with Crippen LogP contribution in [-0.2, 0) is 0 Å². The van der Waals surface area contributed by atoms with Crippen molar-refractivity contribution in [3.63, 3.8) is 0 Å². The molecule has 2 N–H and O–H groups in total. The van der Waals surface area contributed by atoms with E-state index in [0.717, 1.165) is 35.2 Å². The number of carbonyl (C=O) groups is 1. The van der Waals surface area contributed by atoms with Crippen molar-refractivity contribution in [2.75, 3.05) is 19.6 Å². The molecule has 2 aliphatic rings. The molecule has 1 saturated carbocycles. The topological polar surface area (TPSA) is 61.0 Å². The van der Waals surface area contributed by atoms with E-state index in [0.29, 0.717) is 6.04 Å². The number of benzene rings is 1. The predicted octanol–water partition coefficient (Wildman–Crippen LogP) is 3.34. The van der Waals surface area contributed by atoms with Crippen LogP contribution in [0.4, 0.5) is 0 Å². The van der Waals surface area contributed by atoms with Crippen molar-refractivity contribution in [2.24, 2.45) is 5.92 Å². The molecule has 2 fully saturated rings. The van der Waals surface area contributed by atoms with Gasteiger partial charge in [0.2, 0.25) is 0 Å². The zero-order valence-corrected chi connectivity index (χ0v) is 14.8. The monoisotopic (exact) mass is 340 g/mol. The number of nitrogens with zero attached hydrogens (tertiary/aromatic N) is 2. The van der Waals surface area contributed by atoms with E-state index >= 15 is 0 Å². The van der Waals surface area contributed by atoms with Crippen LogP contribution in [0.1, 0.15) is 55.3 Å². The molecular formula is C20H28N4O. The summed E-state index contributed by atoms with van der Waals surface area (Å²) >= 11 is 0. The van der Waals surface area contributed by atoms with Crippen LogP contribution in [0.2, 0.25) is 0 Å². The minimum absolute atomic E-state index is 0.0441. The molecule has 0 unspecified atom stereocenters. The number of hydrogen-bond donors (Lipinski definition) is 2. The second-order valence-electron chi connectivity index (χ2n) is 7.72. The SMILES string of the molecule is O=C(NC1CCC(CN2CCCCC2)CC1)c1ccc2[nH]ncc2c1. The van der Waals surface area contributed by atoms with Crippen molar-refractivity contribution in [1.82, 2.24) is 20.4 Å². The van der Waals surface area contributed by atoms with E-state index in [1.165, 1.54) is 51.7 Å². The average Bonchev–Trinajstić information content (AvgIpc) is 3.12. The Hall–Kier alpha value is -1.88. The number of nitrogens with one attached hydrogen (secondary N) is 2. The van der Waals surface area contributed by atoms with E-state index in [-0.39, 0.29) is 5.91 Å². The third-order valence-corrected chi connectivity index (χ3v) is 5.85. The van der Waals surface area contributed by atoms with Gasteiger partial charge in [-0.15, -0.1) is 0 Å². The van der Waals surface area contributed by atoms with Crippen LogP contribution >= 0.6 is 0 Å². The van der Waals surface area contributed by atoms with Crippen LogP contribution in [0.15, 0.2) is 24.4 Å². The Labute approximate surface area is 149 Å². The molecule has 5 nitrogen and oxygen atoms in total. The summed E-state index contributed by atoms with van der Waals surface area (Å²) in [4.78, 5) is 15.2. The highest BCUT2D eigenvalue weighted by Gasteiger charge is 2.24. The van der Waals surface area contributed by atoms with Crippen LogP contribution in [0, 0.1) is 5.92 Å². The summed E-state index contributed by atoms with van der Waals surface area (Å²) in [5.74, 6) is 0.858. The molecule has 5 heteroatoms. The van der Waals surface area contributed by atoms with Gasteiger partial charge in [0.15, 0.2) is 0 Å². The largest absolute Gasteiger partial charge is 0.349 e. The van der Waals surface area contributed by atoms with Crippen LogP contribution in [0.5, 0.6) is 0 Å². The molecule has 1 aliphatic carbocycles. The van der Waals surface area contributed by atoms with E-state index < -0.39 is 0 Å². The van der Waals surface area contributed by atoms with E-state index in [9.17, 15) is 4.79 Å². The van der Waals surface area contributed by atoms with Crippen molar-refractivity contribution in [3.8, 4) is 0 Å². The molecule has 1 saturated heterocycles. The van der Waals surface area contributed by atoms with Gasteiger partial charge in [-0.3, -0.25) is 9.89 Å². The Kier molecular flexibility index (Phi) is 5.02. The normalized spacial score (nSPS) is 25.1. The van der Waals surface area contributed by atoms with E-state index in [4.69, 9.17) is 0 Å². The van der Waals surface area contributed by atoms with Gasteiger partial charge in [0.05, 0.1) is 11.7 Å². The first kappa shape index (κ1) is 16.6. The van der Waals surface area contributed by atoms with Gasteiger partial charge in [-0.1, -0.05) is 6.42 Å². The molecule has 2 heterocycles. The molecule has 1 aromatic heterocycles. The fourth-order valence-corrected chi connectivity index (χ4v) is 4.35. The van der Waals surface area contributed by atoms with Crippen molar-refractivity contribution >= 4 is 16.8 Å². The molecule has 0 bridgehead atoms. The first-order chi connectivity index (χ1) is 12.3. The highest BCUT2D eigenvalue weighted by atomic mass is 16.1. The number of carbonyl (C=O) groups excluding carboxylic acids is 1. The lowest BCUT2D eigenvalue weighted by Crippen LogP contribution is -2.40. The summed E-state index contributed by atoms with van der Waals surface area (Å²) in [5.41, 5.74) is 1.69. The maximum absolute atomic E-state index is 12.5. The number of aromatic amines is 1. The number of amides is 1. The standard InChI is InChI=1S/C20H28N4O/c25-20(16-6-9-19-17(12-16)13-21-23-19)22-18-7-4-15(5-8-18)14-24-10-2-1-3-11-24/h6,9,12-13,15,18H,1-5,7-8,10-11,14H2,(H,21,23)(H,22,25). The number of aromatic nitrogens is 2. The molecule has 25 heavy (non-hydrogen) atoms. The van der Waals surface area contributed by atoms with Gasteiger partial charge in [-0.25, -0.2) is 0 Å². The summed E-state index contributed by atoms with van der Waals surface area (Å²) in [5, 5.41) is 11.1. The molecule has 1 amide bonds. The number of rotatable bonds is 4. The zero-order valence-electron chi connectivity index (χ0n) is 14.8. The fourth-order valence-electron chi connectivity index (χ4n) is 4.35. The second-order valence-corrected chi connectivity index (χ2v) is 7.72. The van der Waals surface area contributed by atoms with E-state index in [1.807, 2.05) is 18.2 Å². The Morgan fingerprint density at radius 1 is 1.16 bits per heavy atom. The average molecular weight is 340 g/mol. The van der Waals surface area contributed by atoms with Gasteiger partial charge in [-0.05, 0) is 75.7 Å². The molecule has 1 aliphatic heterocycles. The van der Waals surface area contributed by atoms with Crippen LogP contribution < -0.4 is 5.32 Å². The molecule has 1 aromatic carbocycles. The fraction of sp³-hybridized carbons (Fsp3) is 0.600. The summed E-state index contributed by atoms with van der Waals surface area (Å²) in [6.45, 7) is 3.83. The first-order valence-electron chi connectivity index (χ1n) is 9.74. The van der Waals surface area contributed by atoms with Crippen molar-refractivity contribution in [1.29, 1.82) is 0 Å². The first-order valence-corrected chi connectivity index (χ1v) is 9.74. The Morgan fingerprint density at radius 2 is 1.96 bits per heavy atom. The minimum atomic E-state index is 0.0441. The molecule has 4 rings (SSSR count). The Bertz CT molecular complexity index is 711. The van der Waals surface area contributed by atoms with Crippen molar-refractivity contribution in [3.05, 3.63) is 30.0 Å². The Balaban J connectivity index is 1.27. The van der Waals surface area contributed by atoms with Gasteiger partial charge >= 0.3 is 0 Å². The number of hydrogen-bond acceptors (Lipinski definition) is 3. The highest BCUT2D eigenvalue weighted by molar-refractivity contribution is 5.97. The van der Waals surface area contributed by atoms with Gasteiger partial charge < -0.3 is 10.2 Å². The summed E-state index contributed by atoms with van der Waals surface area (Å²) < 4.78 is 0. The minimum Gasteiger partial charge on any atom is -0.349 e. The summed E-state index contributed by atoms with van der Waals surface area (Å²) in [6, 6.07) is 6.03. The molecule has 0 atom stereocenters. The summed E-state index contributed by atoms with van der Waals surface area (Å²) in [7, 11) is 0. The molecule has 0 radical (unpaired) electrons. The molecule has 0 spiro atoms. The van der Waals surface area contributed by atoms with Crippen LogP contribution in [-0.4, -0.2) is 46.7 Å². The Morgan fingerprint density at radius 3 is 2.76 bits per heavy atom. The number of likely N-dealkylation sites (tertiary alicyclic amines) is 1. The smallest absolute Gasteiger partial charge is 0.251 e. The van der Waals surface area contributed by atoms with Gasteiger partial charge in [-0.2, -0.15) is 5.10 Å². The zero-order chi connectivity index (χ0) is 17.1. The van der Waals surface area contributed by atoms with Gasteiger partial charge in [0, 0.05) is 23.5 Å². The lowest BCUT2D eigenvalue weighted by Gasteiger charge is -2.34. The van der Waals surface area contributed by atoms with Crippen molar-refractivity contribution < 1.29 is 4.79 Å². The molecule has 2 aromatic rings.